The summed E-state index contributed by atoms with van der Waals surface area (Å²) in [6.07, 6.45) is 1.77. The molecule has 0 saturated carbocycles. The third kappa shape index (κ3) is 2.90. The summed E-state index contributed by atoms with van der Waals surface area (Å²) < 4.78 is 45.5. The molecule has 0 aliphatic heterocycles. The Morgan fingerprint density at radius 3 is 2.67 bits per heavy atom. The van der Waals surface area contributed by atoms with E-state index in [0.29, 0.717) is 17.6 Å². The predicted octanol–water partition coefficient (Wildman–Crippen LogP) is 2.35. The molecule has 0 amide bonds. The average molecular weight is 338 g/mol. The standard InChI is InChI=1S/C15H13F3N4O2/c1-24-14-12(15(16,17)18)4-10(6-20-14)11-7-21-22-8-9(2-3-23)5-19-13(11)22/h4-8,23H,2-3H2,1H3. The third-order valence-electron chi connectivity index (χ3n) is 3.47. The number of aliphatic hydroxyl groups excluding tert-OH is 1. The lowest BCUT2D eigenvalue weighted by Gasteiger charge is -2.12. The average Bonchev–Trinajstić information content (AvgIpc) is 2.97. The second kappa shape index (κ2) is 6.08. The molecule has 0 radical (unpaired) electrons. The molecule has 0 unspecified atom stereocenters. The number of aliphatic hydroxyl groups is 1. The molecule has 1 N–H and O–H groups in total. The smallest absolute Gasteiger partial charge is 0.421 e. The van der Waals surface area contributed by atoms with Crippen LogP contribution in [-0.4, -0.2) is 38.4 Å². The van der Waals surface area contributed by atoms with Crippen LogP contribution in [0, 0.1) is 0 Å². The Bertz CT molecular complexity index is 877. The van der Waals surface area contributed by atoms with Gasteiger partial charge in [-0.05, 0) is 18.1 Å². The normalized spacial score (nSPS) is 11.9. The van der Waals surface area contributed by atoms with Crippen molar-refractivity contribution in [2.75, 3.05) is 13.7 Å². The molecular formula is C15H13F3N4O2. The first-order valence-corrected chi connectivity index (χ1v) is 6.98. The first-order chi connectivity index (χ1) is 11.4. The largest absolute Gasteiger partial charge is 0.481 e. The highest BCUT2D eigenvalue weighted by atomic mass is 19.4. The maximum absolute atomic E-state index is 13.1. The number of aromatic nitrogens is 4. The van der Waals surface area contributed by atoms with Crippen molar-refractivity contribution < 1.29 is 23.0 Å². The van der Waals surface area contributed by atoms with Gasteiger partial charge in [-0.2, -0.15) is 18.3 Å². The van der Waals surface area contributed by atoms with Gasteiger partial charge in [0.15, 0.2) is 5.65 Å². The van der Waals surface area contributed by atoms with E-state index in [1.807, 2.05) is 0 Å². The number of hydrogen-bond donors (Lipinski definition) is 1. The molecule has 24 heavy (non-hydrogen) atoms. The summed E-state index contributed by atoms with van der Waals surface area (Å²) in [5.74, 6) is -0.485. The van der Waals surface area contributed by atoms with Gasteiger partial charge in [0.2, 0.25) is 5.88 Å². The molecule has 0 bridgehead atoms. The fourth-order valence-electron chi connectivity index (χ4n) is 2.34. The van der Waals surface area contributed by atoms with E-state index in [4.69, 9.17) is 5.11 Å². The minimum atomic E-state index is -4.58. The number of nitrogens with zero attached hydrogens (tertiary/aromatic N) is 4. The Labute approximate surface area is 134 Å². The summed E-state index contributed by atoms with van der Waals surface area (Å²) in [5, 5.41) is 13.1. The second-order valence-electron chi connectivity index (χ2n) is 5.04. The Hall–Kier alpha value is -2.68. The minimum absolute atomic E-state index is 0.0291. The molecule has 126 valence electrons. The first kappa shape index (κ1) is 16.2. The quantitative estimate of drug-likeness (QED) is 0.791. The van der Waals surface area contributed by atoms with E-state index in [9.17, 15) is 13.2 Å². The molecule has 3 heterocycles. The first-order valence-electron chi connectivity index (χ1n) is 6.98. The minimum Gasteiger partial charge on any atom is -0.481 e. The second-order valence-corrected chi connectivity index (χ2v) is 5.04. The van der Waals surface area contributed by atoms with Crippen LogP contribution in [0.4, 0.5) is 13.2 Å². The van der Waals surface area contributed by atoms with Gasteiger partial charge in [-0.15, -0.1) is 0 Å². The van der Waals surface area contributed by atoms with Crippen LogP contribution >= 0.6 is 0 Å². The predicted molar refractivity (Wildman–Crippen MR) is 78.6 cm³/mol. The van der Waals surface area contributed by atoms with Crippen molar-refractivity contribution in [1.29, 1.82) is 0 Å². The fraction of sp³-hybridized carbons (Fsp3) is 0.267. The van der Waals surface area contributed by atoms with E-state index in [2.05, 4.69) is 19.8 Å². The van der Waals surface area contributed by atoms with Crippen molar-refractivity contribution in [3.8, 4) is 17.0 Å². The highest BCUT2D eigenvalue weighted by Gasteiger charge is 2.35. The number of alkyl halides is 3. The molecule has 0 fully saturated rings. The number of rotatable bonds is 4. The van der Waals surface area contributed by atoms with E-state index in [-0.39, 0.29) is 12.2 Å². The zero-order valence-corrected chi connectivity index (χ0v) is 12.6. The number of pyridine rings is 1. The van der Waals surface area contributed by atoms with Crippen LogP contribution in [0.25, 0.3) is 16.8 Å². The van der Waals surface area contributed by atoms with Crippen LogP contribution in [0.3, 0.4) is 0 Å². The van der Waals surface area contributed by atoms with Crippen molar-refractivity contribution in [3.05, 3.63) is 42.0 Å². The molecule has 3 rings (SSSR count). The number of fused-ring (bicyclic) bond motifs is 1. The lowest BCUT2D eigenvalue weighted by Crippen LogP contribution is -2.09. The Balaban J connectivity index is 2.11. The Kier molecular flexibility index (Phi) is 4.10. The zero-order valence-electron chi connectivity index (χ0n) is 12.6. The molecule has 0 aromatic carbocycles. The van der Waals surface area contributed by atoms with Crippen LogP contribution in [-0.2, 0) is 12.6 Å². The van der Waals surface area contributed by atoms with Gasteiger partial charge in [0.1, 0.15) is 5.56 Å². The van der Waals surface area contributed by atoms with Crippen molar-refractivity contribution in [1.82, 2.24) is 19.6 Å². The summed E-state index contributed by atoms with van der Waals surface area (Å²) >= 11 is 0. The van der Waals surface area contributed by atoms with Crippen molar-refractivity contribution in [2.24, 2.45) is 0 Å². The monoisotopic (exact) mass is 338 g/mol. The molecule has 0 aliphatic carbocycles. The molecule has 3 aromatic heterocycles. The number of hydrogen-bond acceptors (Lipinski definition) is 5. The van der Waals surface area contributed by atoms with E-state index in [0.717, 1.165) is 18.7 Å². The van der Waals surface area contributed by atoms with Gasteiger partial charge in [-0.1, -0.05) is 0 Å². The third-order valence-corrected chi connectivity index (χ3v) is 3.47. The van der Waals surface area contributed by atoms with E-state index in [1.54, 1.807) is 12.4 Å². The van der Waals surface area contributed by atoms with Gasteiger partial charge in [-0.3, -0.25) is 0 Å². The Morgan fingerprint density at radius 2 is 2.00 bits per heavy atom. The van der Waals surface area contributed by atoms with Gasteiger partial charge in [0.05, 0.1) is 13.3 Å². The van der Waals surface area contributed by atoms with E-state index in [1.165, 1.54) is 16.9 Å². The van der Waals surface area contributed by atoms with Crippen LogP contribution in [0.15, 0.2) is 30.9 Å². The highest BCUT2D eigenvalue weighted by molar-refractivity contribution is 5.77. The van der Waals surface area contributed by atoms with Crippen molar-refractivity contribution >= 4 is 5.65 Å². The van der Waals surface area contributed by atoms with E-state index >= 15 is 0 Å². The Morgan fingerprint density at radius 1 is 1.21 bits per heavy atom. The topological polar surface area (TPSA) is 72.5 Å². The van der Waals surface area contributed by atoms with Gasteiger partial charge in [-0.25, -0.2) is 14.5 Å². The van der Waals surface area contributed by atoms with Crippen LogP contribution in [0.2, 0.25) is 0 Å². The van der Waals surface area contributed by atoms with Crippen molar-refractivity contribution in [3.63, 3.8) is 0 Å². The molecule has 9 heteroatoms. The molecule has 6 nitrogen and oxygen atoms in total. The maximum atomic E-state index is 13.1. The van der Waals surface area contributed by atoms with Gasteiger partial charge >= 0.3 is 6.18 Å². The summed E-state index contributed by atoms with van der Waals surface area (Å²) in [7, 11) is 1.14. The number of halogens is 3. The summed E-state index contributed by atoms with van der Waals surface area (Å²) in [6, 6.07) is 0.964. The molecular weight excluding hydrogens is 325 g/mol. The van der Waals surface area contributed by atoms with Crippen LogP contribution < -0.4 is 4.74 Å². The van der Waals surface area contributed by atoms with Crippen LogP contribution in [0.1, 0.15) is 11.1 Å². The number of ether oxygens (including phenoxy) is 1. The maximum Gasteiger partial charge on any atom is 0.421 e. The molecule has 0 aliphatic rings. The van der Waals surface area contributed by atoms with Crippen molar-refractivity contribution in [2.45, 2.75) is 12.6 Å². The highest BCUT2D eigenvalue weighted by Crippen LogP contribution is 2.37. The fourth-order valence-corrected chi connectivity index (χ4v) is 2.34. The summed E-state index contributed by atoms with van der Waals surface area (Å²) in [5.41, 5.74) is 0.866. The molecule has 0 atom stereocenters. The summed E-state index contributed by atoms with van der Waals surface area (Å²) in [6.45, 7) is -0.0291. The van der Waals surface area contributed by atoms with Gasteiger partial charge in [0.25, 0.3) is 0 Å². The van der Waals surface area contributed by atoms with Crippen LogP contribution in [0.5, 0.6) is 5.88 Å². The lowest BCUT2D eigenvalue weighted by molar-refractivity contribution is -0.139. The summed E-state index contributed by atoms with van der Waals surface area (Å²) in [4.78, 5) is 7.95. The van der Waals surface area contributed by atoms with Gasteiger partial charge < -0.3 is 9.84 Å². The number of methoxy groups -OCH3 is 1. The molecule has 0 saturated heterocycles. The lowest BCUT2D eigenvalue weighted by atomic mass is 10.1. The zero-order chi connectivity index (χ0) is 17.3. The molecule has 0 spiro atoms. The van der Waals surface area contributed by atoms with E-state index < -0.39 is 17.6 Å². The molecule has 3 aromatic rings. The van der Waals surface area contributed by atoms with Gasteiger partial charge in [0, 0.05) is 36.3 Å². The SMILES string of the molecule is COc1ncc(-c2cnn3cc(CCO)cnc23)cc1C(F)(F)F.